The van der Waals surface area contributed by atoms with Crippen LogP contribution >= 0.6 is 11.6 Å². The first kappa shape index (κ1) is 6.30. The van der Waals surface area contributed by atoms with Crippen LogP contribution in [0.2, 0.25) is 0 Å². The molecule has 0 spiro atoms. The third-order valence-electron chi connectivity index (χ3n) is 3.49. The van der Waals surface area contributed by atoms with Gasteiger partial charge in [-0.25, -0.2) is 0 Å². The zero-order chi connectivity index (χ0) is 7.42. The normalized spacial score (nSPS) is 51.5. The predicted octanol–water partition coefficient (Wildman–Crippen LogP) is 2.95. The summed E-state index contributed by atoms with van der Waals surface area (Å²) < 4.78 is 0. The van der Waals surface area contributed by atoms with E-state index in [-0.39, 0.29) is 0 Å². The molecule has 1 fully saturated rings. The van der Waals surface area contributed by atoms with E-state index >= 15 is 0 Å². The molecule has 1 heteroatoms. The Morgan fingerprint density at radius 1 is 1.27 bits per heavy atom. The van der Waals surface area contributed by atoms with Gasteiger partial charge in [0.25, 0.3) is 0 Å². The number of hydrogen-bond donors (Lipinski definition) is 0. The molecule has 0 amide bonds. The molecule has 0 radical (unpaired) electrons. The standard InChI is InChI=1S/C10H11Cl/c11-8-4-9-6-1-2-7(3-6)10(9)5-8/h1-2,4,6-7,9-10H,3,5H2. The average molecular weight is 167 g/mol. The summed E-state index contributed by atoms with van der Waals surface area (Å²) in [5.74, 6) is 3.37. The van der Waals surface area contributed by atoms with Crippen LogP contribution in [0.15, 0.2) is 23.3 Å². The maximum atomic E-state index is 6.01. The largest absolute Gasteiger partial charge is 0.0895 e. The Kier molecular flexibility index (Phi) is 1.10. The maximum absolute atomic E-state index is 6.01. The highest BCUT2D eigenvalue weighted by Crippen LogP contribution is 2.54. The van der Waals surface area contributed by atoms with E-state index < -0.39 is 0 Å². The highest BCUT2D eigenvalue weighted by Gasteiger charge is 2.45. The molecule has 0 heterocycles. The van der Waals surface area contributed by atoms with Crippen LogP contribution in [-0.2, 0) is 0 Å². The Morgan fingerprint density at radius 3 is 2.91 bits per heavy atom. The van der Waals surface area contributed by atoms with Crippen LogP contribution in [-0.4, -0.2) is 0 Å². The molecule has 0 aromatic heterocycles. The topological polar surface area (TPSA) is 0 Å². The smallest absolute Gasteiger partial charge is 0.0147 e. The summed E-state index contributed by atoms with van der Waals surface area (Å²) in [5, 5.41) is 1.11. The molecule has 58 valence electrons. The first-order valence-electron chi connectivity index (χ1n) is 4.39. The van der Waals surface area contributed by atoms with Crippen molar-refractivity contribution in [3.05, 3.63) is 23.3 Å². The summed E-state index contributed by atoms with van der Waals surface area (Å²) in [6, 6.07) is 0. The van der Waals surface area contributed by atoms with Crippen LogP contribution in [0.4, 0.5) is 0 Å². The molecule has 0 aromatic carbocycles. The third kappa shape index (κ3) is 0.713. The van der Waals surface area contributed by atoms with E-state index in [0.29, 0.717) is 0 Å². The van der Waals surface area contributed by atoms with E-state index in [2.05, 4.69) is 18.2 Å². The van der Waals surface area contributed by atoms with Crippen molar-refractivity contribution >= 4 is 11.6 Å². The number of rotatable bonds is 0. The van der Waals surface area contributed by atoms with Gasteiger partial charge in [0.1, 0.15) is 0 Å². The van der Waals surface area contributed by atoms with Gasteiger partial charge >= 0.3 is 0 Å². The fraction of sp³-hybridized carbons (Fsp3) is 0.600. The first-order valence-corrected chi connectivity index (χ1v) is 4.77. The Bertz CT molecular complexity index is 252. The predicted molar refractivity (Wildman–Crippen MR) is 46.3 cm³/mol. The van der Waals surface area contributed by atoms with Crippen molar-refractivity contribution in [3.63, 3.8) is 0 Å². The highest BCUT2D eigenvalue weighted by molar-refractivity contribution is 6.29. The van der Waals surface area contributed by atoms with Crippen LogP contribution < -0.4 is 0 Å². The van der Waals surface area contributed by atoms with Gasteiger partial charge in [-0.05, 0) is 36.5 Å². The van der Waals surface area contributed by atoms with Crippen LogP contribution in [0.25, 0.3) is 0 Å². The molecule has 11 heavy (non-hydrogen) atoms. The molecule has 3 aliphatic carbocycles. The lowest BCUT2D eigenvalue weighted by atomic mass is 9.86. The molecule has 0 N–H and O–H groups in total. The van der Waals surface area contributed by atoms with E-state index in [1.807, 2.05) is 0 Å². The second kappa shape index (κ2) is 1.92. The number of allylic oxidation sites excluding steroid dienone is 4. The number of halogens is 1. The minimum Gasteiger partial charge on any atom is -0.0895 e. The minimum atomic E-state index is 0.803. The van der Waals surface area contributed by atoms with E-state index in [1.54, 1.807) is 0 Å². The van der Waals surface area contributed by atoms with Crippen LogP contribution in [0.1, 0.15) is 12.8 Å². The van der Waals surface area contributed by atoms with Crippen molar-refractivity contribution in [2.24, 2.45) is 23.7 Å². The summed E-state index contributed by atoms with van der Waals surface area (Å²) >= 11 is 6.01. The molecule has 4 atom stereocenters. The van der Waals surface area contributed by atoms with Crippen molar-refractivity contribution < 1.29 is 0 Å². The Morgan fingerprint density at radius 2 is 2.09 bits per heavy atom. The molecule has 2 bridgehead atoms. The van der Waals surface area contributed by atoms with Gasteiger partial charge in [-0.3, -0.25) is 0 Å². The van der Waals surface area contributed by atoms with Gasteiger partial charge in [-0.1, -0.05) is 29.8 Å². The summed E-state index contributed by atoms with van der Waals surface area (Å²) in [5.41, 5.74) is 0. The second-order valence-electron chi connectivity index (χ2n) is 4.01. The lowest BCUT2D eigenvalue weighted by molar-refractivity contribution is 0.397. The molecule has 1 saturated carbocycles. The molecule has 3 rings (SSSR count). The van der Waals surface area contributed by atoms with Crippen molar-refractivity contribution in [1.29, 1.82) is 0 Å². The van der Waals surface area contributed by atoms with E-state index in [9.17, 15) is 0 Å². The average Bonchev–Trinajstić information content (AvgIpc) is 2.53. The van der Waals surface area contributed by atoms with Crippen molar-refractivity contribution in [2.75, 3.05) is 0 Å². The summed E-state index contributed by atoms with van der Waals surface area (Å²) in [6.45, 7) is 0. The molecule has 3 aliphatic rings. The zero-order valence-electron chi connectivity index (χ0n) is 6.33. The Balaban J connectivity index is 1.99. The second-order valence-corrected chi connectivity index (χ2v) is 4.49. The van der Waals surface area contributed by atoms with Crippen LogP contribution in [0, 0.1) is 23.7 Å². The first-order chi connectivity index (χ1) is 5.34. The fourth-order valence-electron chi connectivity index (χ4n) is 3.00. The molecule has 0 aromatic rings. The Labute approximate surface area is 71.9 Å². The SMILES string of the molecule is ClC1=CC2C3C=CC(C3)C2C1. The van der Waals surface area contributed by atoms with Crippen molar-refractivity contribution in [3.8, 4) is 0 Å². The molecule has 4 unspecified atom stereocenters. The third-order valence-corrected chi connectivity index (χ3v) is 3.77. The van der Waals surface area contributed by atoms with E-state index in [1.165, 1.54) is 6.42 Å². The molecule has 0 nitrogen and oxygen atoms in total. The van der Waals surface area contributed by atoms with Crippen LogP contribution in [0.3, 0.4) is 0 Å². The van der Waals surface area contributed by atoms with Gasteiger partial charge in [-0.15, -0.1) is 0 Å². The highest BCUT2D eigenvalue weighted by atomic mass is 35.5. The van der Waals surface area contributed by atoms with Crippen molar-refractivity contribution in [2.45, 2.75) is 12.8 Å². The number of fused-ring (bicyclic) bond motifs is 5. The van der Waals surface area contributed by atoms with E-state index in [0.717, 1.165) is 35.1 Å². The summed E-state index contributed by atoms with van der Waals surface area (Å²) in [6.07, 6.45) is 9.63. The van der Waals surface area contributed by atoms with Gasteiger partial charge in [-0.2, -0.15) is 0 Å². The maximum Gasteiger partial charge on any atom is 0.0147 e. The Hall–Kier alpha value is -0.230. The molecular weight excluding hydrogens is 156 g/mol. The summed E-state index contributed by atoms with van der Waals surface area (Å²) in [7, 11) is 0. The molecular formula is C10H11Cl. The van der Waals surface area contributed by atoms with Gasteiger partial charge in [0.05, 0.1) is 0 Å². The van der Waals surface area contributed by atoms with Crippen molar-refractivity contribution in [1.82, 2.24) is 0 Å². The van der Waals surface area contributed by atoms with E-state index in [4.69, 9.17) is 11.6 Å². The van der Waals surface area contributed by atoms with Gasteiger partial charge in [0, 0.05) is 5.03 Å². The lowest BCUT2D eigenvalue weighted by Crippen LogP contribution is -2.12. The quantitative estimate of drug-likeness (QED) is 0.486. The van der Waals surface area contributed by atoms with Gasteiger partial charge in [0.15, 0.2) is 0 Å². The monoisotopic (exact) mass is 166 g/mol. The number of hydrogen-bond acceptors (Lipinski definition) is 0. The molecule has 0 saturated heterocycles. The van der Waals surface area contributed by atoms with Crippen LogP contribution in [0.5, 0.6) is 0 Å². The van der Waals surface area contributed by atoms with Gasteiger partial charge < -0.3 is 0 Å². The summed E-state index contributed by atoms with van der Waals surface area (Å²) in [4.78, 5) is 0. The minimum absolute atomic E-state index is 0.803. The van der Waals surface area contributed by atoms with Gasteiger partial charge in [0.2, 0.25) is 0 Å². The molecule has 0 aliphatic heterocycles. The zero-order valence-corrected chi connectivity index (χ0v) is 7.09. The lowest BCUT2D eigenvalue weighted by Gasteiger charge is -2.18. The fourth-order valence-corrected chi connectivity index (χ4v) is 3.32.